The van der Waals surface area contributed by atoms with E-state index in [-0.39, 0.29) is 11.7 Å². The van der Waals surface area contributed by atoms with Gasteiger partial charge in [0.25, 0.3) is 5.89 Å². The van der Waals surface area contributed by atoms with Gasteiger partial charge in [-0.05, 0) is 50.6 Å². The standard InChI is InChI=1S/C21H27N5O2.C2H2.CH5N/c1-24-15-16-14-18(8-9-19(16)23)25-11-10-17(22)6-4-2-3-5-7-20(27)21-26-12-13-28-21;2*1-2/h8-15H,2-7,22-23H2,1H3;1-2H;2H2,1H3/b17-10-,24-15?,25-11?;;. The number of benzene rings is 1. The zero-order valence-electron chi connectivity index (χ0n) is 18.9. The van der Waals surface area contributed by atoms with Crippen molar-refractivity contribution < 1.29 is 9.21 Å². The van der Waals surface area contributed by atoms with E-state index in [1.807, 2.05) is 24.3 Å². The summed E-state index contributed by atoms with van der Waals surface area (Å²) in [4.78, 5) is 24.0. The Bertz CT molecular complexity index is 883. The lowest BCUT2D eigenvalue weighted by molar-refractivity contribution is 0.0945. The minimum atomic E-state index is -0.0448. The number of aromatic nitrogens is 1. The van der Waals surface area contributed by atoms with Gasteiger partial charge in [-0.25, -0.2) is 4.98 Å². The number of hydrogen-bond acceptors (Lipinski definition) is 8. The van der Waals surface area contributed by atoms with Crippen molar-refractivity contribution in [1.29, 1.82) is 0 Å². The summed E-state index contributed by atoms with van der Waals surface area (Å²) in [5.74, 6) is 0.151. The predicted octanol–water partition coefficient (Wildman–Crippen LogP) is 3.90. The first-order valence-electron chi connectivity index (χ1n) is 10.2. The van der Waals surface area contributed by atoms with Crippen molar-refractivity contribution in [1.82, 2.24) is 4.98 Å². The number of nitrogen functional groups attached to an aromatic ring is 1. The molecule has 0 unspecified atom stereocenters. The van der Waals surface area contributed by atoms with Crippen molar-refractivity contribution in [3.63, 3.8) is 0 Å². The maximum Gasteiger partial charge on any atom is 0.263 e. The minimum absolute atomic E-state index is 0.0448. The minimum Gasteiger partial charge on any atom is -0.442 e. The summed E-state index contributed by atoms with van der Waals surface area (Å²) < 4.78 is 4.99. The molecule has 0 atom stereocenters. The summed E-state index contributed by atoms with van der Waals surface area (Å²) in [6.45, 7) is 0. The number of anilines is 1. The topological polar surface area (TPSA) is 146 Å². The van der Waals surface area contributed by atoms with Gasteiger partial charge in [-0.2, -0.15) is 0 Å². The van der Waals surface area contributed by atoms with Gasteiger partial charge in [0.2, 0.25) is 5.78 Å². The second-order valence-electron chi connectivity index (χ2n) is 6.39. The number of terminal acetylenes is 1. The second-order valence-corrected chi connectivity index (χ2v) is 6.39. The smallest absolute Gasteiger partial charge is 0.263 e. The maximum absolute atomic E-state index is 11.7. The number of oxazole rings is 1. The molecule has 2 aromatic rings. The molecule has 0 saturated carbocycles. The molecule has 1 aromatic carbocycles. The Morgan fingerprint density at radius 1 is 1.16 bits per heavy atom. The quantitative estimate of drug-likeness (QED) is 0.159. The lowest BCUT2D eigenvalue weighted by Crippen LogP contribution is -1.99. The second kappa shape index (κ2) is 18.1. The largest absolute Gasteiger partial charge is 0.442 e. The van der Waals surface area contributed by atoms with Crippen LogP contribution in [-0.2, 0) is 0 Å². The van der Waals surface area contributed by atoms with Crippen LogP contribution >= 0.6 is 0 Å². The summed E-state index contributed by atoms with van der Waals surface area (Å²) in [5, 5.41) is 0. The Morgan fingerprint density at radius 3 is 2.47 bits per heavy atom. The summed E-state index contributed by atoms with van der Waals surface area (Å²) in [6, 6.07) is 5.54. The molecule has 0 aliphatic heterocycles. The van der Waals surface area contributed by atoms with E-state index in [9.17, 15) is 4.79 Å². The number of nitrogens with two attached hydrogens (primary N) is 3. The van der Waals surface area contributed by atoms with Crippen molar-refractivity contribution in [2.75, 3.05) is 19.8 Å². The van der Waals surface area contributed by atoms with E-state index in [0.717, 1.165) is 49.1 Å². The molecule has 0 aliphatic carbocycles. The number of allylic oxidation sites excluding steroid dienone is 2. The summed E-state index contributed by atoms with van der Waals surface area (Å²) in [7, 11) is 3.20. The van der Waals surface area contributed by atoms with Gasteiger partial charge in [-0.15, -0.1) is 12.8 Å². The van der Waals surface area contributed by atoms with Crippen molar-refractivity contribution in [3.8, 4) is 12.8 Å². The summed E-state index contributed by atoms with van der Waals surface area (Å²) >= 11 is 0. The number of hydrogen-bond donors (Lipinski definition) is 3. The molecule has 0 fully saturated rings. The molecule has 172 valence electrons. The number of nitrogens with zero attached hydrogens (tertiary/aromatic N) is 3. The highest BCUT2D eigenvalue weighted by molar-refractivity contribution is 5.91. The van der Waals surface area contributed by atoms with Crippen LogP contribution in [0.15, 0.2) is 56.8 Å². The molecule has 1 aromatic heterocycles. The Balaban J connectivity index is 0.00000227. The first kappa shape index (κ1) is 28.3. The highest BCUT2D eigenvalue weighted by atomic mass is 16.3. The van der Waals surface area contributed by atoms with Crippen LogP contribution in [0, 0.1) is 12.8 Å². The van der Waals surface area contributed by atoms with Crippen LogP contribution < -0.4 is 17.2 Å². The van der Waals surface area contributed by atoms with E-state index in [4.69, 9.17) is 15.9 Å². The van der Waals surface area contributed by atoms with Gasteiger partial charge < -0.3 is 21.6 Å². The molecule has 8 heteroatoms. The molecule has 0 aliphatic rings. The van der Waals surface area contributed by atoms with Gasteiger partial charge in [0.1, 0.15) is 6.26 Å². The highest BCUT2D eigenvalue weighted by Crippen LogP contribution is 2.18. The maximum atomic E-state index is 11.7. The van der Waals surface area contributed by atoms with E-state index < -0.39 is 0 Å². The average molecular weight is 439 g/mol. The van der Waals surface area contributed by atoms with Gasteiger partial charge in [0.05, 0.1) is 11.9 Å². The Morgan fingerprint density at radius 2 is 1.84 bits per heavy atom. The molecule has 0 bridgehead atoms. The molecule has 32 heavy (non-hydrogen) atoms. The van der Waals surface area contributed by atoms with Crippen molar-refractivity contribution in [2.45, 2.75) is 38.5 Å². The van der Waals surface area contributed by atoms with Crippen LogP contribution in [0.1, 0.15) is 54.8 Å². The first-order chi connectivity index (χ1) is 15.6. The molecule has 8 nitrogen and oxygen atoms in total. The van der Waals surface area contributed by atoms with Crippen LogP contribution in [0.2, 0.25) is 0 Å². The summed E-state index contributed by atoms with van der Waals surface area (Å²) in [5.41, 5.74) is 19.5. The van der Waals surface area contributed by atoms with E-state index in [0.29, 0.717) is 12.1 Å². The van der Waals surface area contributed by atoms with E-state index in [2.05, 4.69) is 33.5 Å². The van der Waals surface area contributed by atoms with Crippen LogP contribution in [0.5, 0.6) is 0 Å². The number of Topliss-reactive ketones (excluding diaryl/α,β-unsaturated/α-hetero) is 1. The molecule has 2 rings (SSSR count). The van der Waals surface area contributed by atoms with Crippen molar-refractivity contribution >= 4 is 29.6 Å². The third-order valence-electron chi connectivity index (χ3n) is 4.14. The SMILES string of the molecule is C#C.CN.CN=Cc1cc(N=C/C=C(\N)CCCCCCC(=O)c2ncco2)ccc1N. The van der Waals surface area contributed by atoms with Crippen molar-refractivity contribution in [3.05, 3.63) is 53.9 Å². The fraction of sp³-hybridized carbons (Fsp3) is 0.333. The van der Waals surface area contributed by atoms with Gasteiger partial charge in [0.15, 0.2) is 0 Å². The van der Waals surface area contributed by atoms with E-state index in [1.165, 1.54) is 19.5 Å². The molecule has 0 saturated heterocycles. The summed E-state index contributed by atoms with van der Waals surface area (Å²) in [6.07, 6.45) is 21.2. The fourth-order valence-electron chi connectivity index (χ4n) is 2.63. The zero-order valence-corrected chi connectivity index (χ0v) is 18.9. The molecule has 1 heterocycles. The molecule has 0 spiro atoms. The molecule has 0 amide bonds. The molecule has 6 N–H and O–H groups in total. The van der Waals surface area contributed by atoms with Gasteiger partial charge in [0, 0.05) is 42.8 Å². The zero-order chi connectivity index (χ0) is 24.2. The lowest BCUT2D eigenvalue weighted by Gasteiger charge is -2.02. The van der Waals surface area contributed by atoms with Crippen LogP contribution in [0.25, 0.3) is 0 Å². The average Bonchev–Trinajstić information content (AvgIpc) is 3.36. The van der Waals surface area contributed by atoms with Crippen LogP contribution in [-0.4, -0.2) is 37.3 Å². The van der Waals surface area contributed by atoms with Gasteiger partial charge in [-0.1, -0.05) is 12.8 Å². The number of carbonyl (C=O) groups is 1. The molecule has 0 radical (unpaired) electrons. The van der Waals surface area contributed by atoms with E-state index >= 15 is 0 Å². The number of carbonyl (C=O) groups excluding carboxylic acids is 1. The van der Waals surface area contributed by atoms with Crippen LogP contribution in [0.4, 0.5) is 11.4 Å². The first-order valence-corrected chi connectivity index (χ1v) is 10.2. The fourth-order valence-corrected chi connectivity index (χ4v) is 2.63. The van der Waals surface area contributed by atoms with Crippen molar-refractivity contribution in [2.24, 2.45) is 21.5 Å². The Labute approximate surface area is 190 Å². The normalized spacial score (nSPS) is 11.0. The molecular formula is C24H34N6O2. The van der Waals surface area contributed by atoms with E-state index in [1.54, 1.807) is 19.5 Å². The van der Waals surface area contributed by atoms with Gasteiger partial charge >= 0.3 is 0 Å². The number of rotatable bonds is 11. The predicted molar refractivity (Wildman–Crippen MR) is 133 cm³/mol. The monoisotopic (exact) mass is 438 g/mol. The lowest BCUT2D eigenvalue weighted by atomic mass is 10.1. The Hall–Kier alpha value is -3.70. The number of ketones is 1. The van der Waals surface area contributed by atoms with Crippen LogP contribution in [0.3, 0.4) is 0 Å². The Kier molecular flexibility index (Phi) is 16.0. The van der Waals surface area contributed by atoms with Gasteiger partial charge in [-0.3, -0.25) is 14.8 Å². The molecular weight excluding hydrogens is 404 g/mol. The highest BCUT2D eigenvalue weighted by Gasteiger charge is 2.09. The third-order valence-corrected chi connectivity index (χ3v) is 4.14. The number of aliphatic imine (C=N–C) groups is 2. The number of unbranched alkanes of at least 4 members (excludes halogenated alkanes) is 3. The third kappa shape index (κ3) is 11.5.